The van der Waals surface area contributed by atoms with Gasteiger partial charge in [-0.2, -0.15) is 0 Å². The number of carbonyl (C=O) groups excluding carboxylic acids is 1. The normalized spacial score (nSPS) is 12.5. The molecular formula is C21H27FN2O4S. The van der Waals surface area contributed by atoms with Crippen molar-refractivity contribution in [3.05, 3.63) is 59.9 Å². The standard InChI is InChI=1S/C21H27FN2O4S/c1-5-19(24(29(4,26)27)20-9-7-6-8-18(20)22)21(25)23-14-16-10-12-17(13-11-16)28-15(2)3/h6-13,15,19H,5,14H2,1-4H3,(H,23,25)/t19-/m0/s1. The van der Waals surface area contributed by atoms with E-state index in [2.05, 4.69) is 5.32 Å². The average Bonchev–Trinajstić information content (AvgIpc) is 2.64. The second-order valence-corrected chi connectivity index (χ2v) is 8.82. The molecule has 29 heavy (non-hydrogen) atoms. The lowest BCUT2D eigenvalue weighted by Crippen LogP contribution is -2.49. The zero-order chi connectivity index (χ0) is 21.6. The maximum absolute atomic E-state index is 14.3. The lowest BCUT2D eigenvalue weighted by atomic mass is 10.1. The molecule has 0 saturated carbocycles. The highest BCUT2D eigenvalue weighted by Crippen LogP contribution is 2.25. The van der Waals surface area contributed by atoms with E-state index in [4.69, 9.17) is 4.74 Å². The first kappa shape index (κ1) is 22.7. The Labute approximate surface area is 171 Å². The first-order valence-electron chi connectivity index (χ1n) is 9.40. The quantitative estimate of drug-likeness (QED) is 0.671. The first-order valence-corrected chi connectivity index (χ1v) is 11.3. The van der Waals surface area contributed by atoms with E-state index < -0.39 is 27.8 Å². The predicted molar refractivity (Wildman–Crippen MR) is 112 cm³/mol. The van der Waals surface area contributed by atoms with E-state index >= 15 is 0 Å². The van der Waals surface area contributed by atoms with Crippen molar-refractivity contribution in [2.75, 3.05) is 10.6 Å². The van der Waals surface area contributed by atoms with E-state index in [1.54, 1.807) is 19.1 Å². The van der Waals surface area contributed by atoms with E-state index in [0.29, 0.717) is 0 Å². The fraction of sp³-hybridized carbons (Fsp3) is 0.381. The summed E-state index contributed by atoms with van der Waals surface area (Å²) in [5.41, 5.74) is 0.688. The molecular weight excluding hydrogens is 395 g/mol. The minimum absolute atomic E-state index is 0.0613. The summed E-state index contributed by atoms with van der Waals surface area (Å²) in [6.07, 6.45) is 1.21. The molecule has 6 nitrogen and oxygen atoms in total. The van der Waals surface area contributed by atoms with Crippen molar-refractivity contribution >= 4 is 21.6 Å². The van der Waals surface area contributed by atoms with Crippen molar-refractivity contribution < 1.29 is 22.3 Å². The third kappa shape index (κ3) is 6.19. The molecule has 1 atom stereocenters. The molecule has 0 spiro atoms. The molecule has 2 aromatic rings. The molecule has 0 fully saturated rings. The number of nitrogens with one attached hydrogen (secondary N) is 1. The molecule has 8 heteroatoms. The van der Waals surface area contributed by atoms with E-state index in [-0.39, 0.29) is 24.8 Å². The van der Waals surface area contributed by atoms with Gasteiger partial charge < -0.3 is 10.1 Å². The molecule has 158 valence electrons. The van der Waals surface area contributed by atoms with Crippen LogP contribution in [0.5, 0.6) is 5.75 Å². The summed E-state index contributed by atoms with van der Waals surface area (Å²) >= 11 is 0. The summed E-state index contributed by atoms with van der Waals surface area (Å²) in [4.78, 5) is 12.8. The lowest BCUT2D eigenvalue weighted by molar-refractivity contribution is -0.122. The zero-order valence-electron chi connectivity index (χ0n) is 17.1. The Kier molecular flexibility index (Phi) is 7.61. The number of hydrogen-bond acceptors (Lipinski definition) is 4. The fourth-order valence-electron chi connectivity index (χ4n) is 2.93. The minimum Gasteiger partial charge on any atom is -0.491 e. The van der Waals surface area contributed by atoms with Gasteiger partial charge in [0, 0.05) is 6.54 Å². The van der Waals surface area contributed by atoms with E-state index in [1.807, 2.05) is 26.0 Å². The van der Waals surface area contributed by atoms with Crippen LogP contribution < -0.4 is 14.4 Å². The van der Waals surface area contributed by atoms with Gasteiger partial charge in [-0.1, -0.05) is 31.2 Å². The Morgan fingerprint density at radius 2 is 1.76 bits per heavy atom. The van der Waals surface area contributed by atoms with Gasteiger partial charge in [-0.25, -0.2) is 12.8 Å². The second-order valence-electron chi connectivity index (χ2n) is 6.96. The van der Waals surface area contributed by atoms with Crippen LogP contribution in [0.1, 0.15) is 32.8 Å². The van der Waals surface area contributed by atoms with Crippen LogP contribution >= 0.6 is 0 Å². The van der Waals surface area contributed by atoms with Crippen LogP contribution in [-0.4, -0.2) is 32.7 Å². The number of rotatable bonds is 9. The Hall–Kier alpha value is -2.61. The smallest absolute Gasteiger partial charge is 0.244 e. The van der Waals surface area contributed by atoms with Crippen molar-refractivity contribution in [3.63, 3.8) is 0 Å². The van der Waals surface area contributed by atoms with Gasteiger partial charge in [0.1, 0.15) is 17.6 Å². The summed E-state index contributed by atoms with van der Waals surface area (Å²) < 4.78 is 45.4. The molecule has 0 bridgehead atoms. The molecule has 2 aromatic carbocycles. The number of benzene rings is 2. The van der Waals surface area contributed by atoms with Gasteiger partial charge in [0.25, 0.3) is 0 Å². The van der Waals surface area contributed by atoms with Crippen LogP contribution in [0, 0.1) is 5.82 Å². The largest absolute Gasteiger partial charge is 0.491 e. The number of carbonyl (C=O) groups is 1. The third-order valence-corrected chi connectivity index (χ3v) is 5.35. The monoisotopic (exact) mass is 422 g/mol. The second kappa shape index (κ2) is 9.73. The zero-order valence-corrected chi connectivity index (χ0v) is 17.9. The molecule has 0 saturated heterocycles. The molecule has 1 N–H and O–H groups in total. The van der Waals surface area contributed by atoms with Gasteiger partial charge in [0.2, 0.25) is 15.9 Å². The van der Waals surface area contributed by atoms with Gasteiger partial charge in [0.05, 0.1) is 18.0 Å². The number of ether oxygens (including phenoxy) is 1. The van der Waals surface area contributed by atoms with E-state index in [0.717, 1.165) is 21.9 Å². The van der Waals surface area contributed by atoms with Gasteiger partial charge >= 0.3 is 0 Å². The lowest BCUT2D eigenvalue weighted by Gasteiger charge is -2.30. The fourth-order valence-corrected chi connectivity index (χ4v) is 4.14. The molecule has 2 rings (SSSR count). The molecule has 0 aliphatic carbocycles. The maximum atomic E-state index is 14.3. The Bertz CT molecular complexity index is 930. The molecule has 1 amide bonds. The van der Waals surface area contributed by atoms with Crippen molar-refractivity contribution in [2.24, 2.45) is 0 Å². The Morgan fingerprint density at radius 1 is 1.14 bits per heavy atom. The molecule has 0 aliphatic rings. The van der Waals surface area contributed by atoms with Crippen molar-refractivity contribution in [3.8, 4) is 5.75 Å². The molecule has 0 radical (unpaired) electrons. The summed E-state index contributed by atoms with van der Waals surface area (Å²) in [5.74, 6) is -0.474. The molecule has 0 aromatic heterocycles. The Balaban J connectivity index is 2.16. The van der Waals surface area contributed by atoms with Crippen LogP contribution in [0.4, 0.5) is 10.1 Å². The van der Waals surface area contributed by atoms with E-state index in [9.17, 15) is 17.6 Å². The predicted octanol–water partition coefficient (Wildman–Crippen LogP) is 3.47. The van der Waals surface area contributed by atoms with Crippen molar-refractivity contribution in [1.29, 1.82) is 0 Å². The van der Waals surface area contributed by atoms with Crippen LogP contribution in [0.2, 0.25) is 0 Å². The number of anilines is 1. The number of amides is 1. The topological polar surface area (TPSA) is 75.7 Å². The highest BCUT2D eigenvalue weighted by Gasteiger charge is 2.32. The van der Waals surface area contributed by atoms with Gasteiger partial charge in [-0.3, -0.25) is 9.10 Å². The van der Waals surface area contributed by atoms with Crippen molar-refractivity contribution in [2.45, 2.75) is 45.9 Å². The van der Waals surface area contributed by atoms with Gasteiger partial charge in [0.15, 0.2) is 0 Å². The maximum Gasteiger partial charge on any atom is 0.244 e. The van der Waals surface area contributed by atoms with E-state index in [1.165, 1.54) is 24.3 Å². The number of hydrogen-bond donors (Lipinski definition) is 1. The van der Waals surface area contributed by atoms with Gasteiger partial charge in [-0.15, -0.1) is 0 Å². The minimum atomic E-state index is -3.88. The molecule has 0 unspecified atom stereocenters. The third-order valence-electron chi connectivity index (χ3n) is 4.18. The van der Waals surface area contributed by atoms with Gasteiger partial charge in [-0.05, 0) is 50.1 Å². The highest BCUT2D eigenvalue weighted by atomic mass is 32.2. The summed E-state index contributed by atoms with van der Waals surface area (Å²) in [6, 6.07) is 11.7. The number of nitrogens with zero attached hydrogens (tertiary/aromatic N) is 1. The van der Waals surface area contributed by atoms with Crippen LogP contribution in [0.25, 0.3) is 0 Å². The summed E-state index contributed by atoms with van der Waals surface area (Å²) in [6.45, 7) is 5.76. The number of halogens is 1. The highest BCUT2D eigenvalue weighted by molar-refractivity contribution is 7.92. The van der Waals surface area contributed by atoms with Crippen LogP contribution in [0.15, 0.2) is 48.5 Å². The number of sulfonamides is 1. The molecule has 0 aliphatic heterocycles. The van der Waals surface area contributed by atoms with Crippen molar-refractivity contribution in [1.82, 2.24) is 5.32 Å². The molecule has 0 heterocycles. The van der Waals surface area contributed by atoms with Crippen LogP contribution in [-0.2, 0) is 21.4 Å². The summed E-state index contributed by atoms with van der Waals surface area (Å²) in [5, 5.41) is 2.74. The SMILES string of the molecule is CC[C@@H](C(=O)NCc1ccc(OC(C)C)cc1)N(c1ccccc1F)S(C)(=O)=O. The summed E-state index contributed by atoms with van der Waals surface area (Å²) in [7, 11) is -3.88. The van der Waals surface area contributed by atoms with Crippen LogP contribution in [0.3, 0.4) is 0 Å². The average molecular weight is 423 g/mol. The Morgan fingerprint density at radius 3 is 2.28 bits per heavy atom. The number of para-hydroxylation sites is 1. The first-order chi connectivity index (χ1) is 13.6.